The largest absolute Gasteiger partial charge is 0.480 e. The normalized spacial score (nSPS) is 20.3. The van der Waals surface area contributed by atoms with Crippen LogP contribution < -0.4 is 0 Å². The van der Waals surface area contributed by atoms with Gasteiger partial charge in [0.2, 0.25) is 0 Å². The van der Waals surface area contributed by atoms with Crippen LogP contribution in [0.25, 0.3) is 0 Å². The maximum atomic E-state index is 12.3. The van der Waals surface area contributed by atoms with Crippen LogP contribution in [0.1, 0.15) is 24.8 Å². The van der Waals surface area contributed by atoms with Crippen LogP contribution in [0.15, 0.2) is 30.3 Å². The Hall–Kier alpha value is -1.40. The molecule has 116 valence electrons. The molecule has 2 atom stereocenters. The quantitative estimate of drug-likeness (QED) is 0.828. The SMILES string of the molecule is O=C(O)C(Cc1ccccc1)S(=O)(=O)CCC1CCCO1. The third-order valence-corrected chi connectivity index (χ3v) is 5.76. The second kappa shape index (κ2) is 7.04. The van der Waals surface area contributed by atoms with Crippen molar-refractivity contribution in [2.45, 2.75) is 37.0 Å². The van der Waals surface area contributed by atoms with E-state index in [9.17, 15) is 18.3 Å². The molecule has 1 heterocycles. The fraction of sp³-hybridized carbons (Fsp3) is 0.533. The number of aliphatic carboxylic acids is 1. The maximum absolute atomic E-state index is 12.3. The molecule has 1 fully saturated rings. The van der Waals surface area contributed by atoms with Gasteiger partial charge in [-0.2, -0.15) is 0 Å². The van der Waals surface area contributed by atoms with Gasteiger partial charge in [-0.15, -0.1) is 0 Å². The van der Waals surface area contributed by atoms with Gasteiger partial charge in [0.05, 0.1) is 11.9 Å². The Morgan fingerprint density at radius 3 is 2.62 bits per heavy atom. The minimum Gasteiger partial charge on any atom is -0.480 e. The average molecular weight is 312 g/mol. The van der Waals surface area contributed by atoms with Gasteiger partial charge in [0.25, 0.3) is 0 Å². The molecule has 2 unspecified atom stereocenters. The predicted molar refractivity (Wildman–Crippen MR) is 78.9 cm³/mol. The lowest BCUT2D eigenvalue weighted by Gasteiger charge is -2.15. The third kappa shape index (κ3) is 4.54. The number of rotatable bonds is 7. The van der Waals surface area contributed by atoms with Crippen molar-refractivity contribution < 1.29 is 23.1 Å². The highest BCUT2D eigenvalue weighted by molar-refractivity contribution is 7.92. The molecule has 6 heteroatoms. The lowest BCUT2D eigenvalue weighted by atomic mass is 10.1. The van der Waals surface area contributed by atoms with Crippen molar-refractivity contribution in [3.8, 4) is 0 Å². The first-order chi connectivity index (χ1) is 9.99. The molecule has 0 saturated carbocycles. The number of hydrogen-bond acceptors (Lipinski definition) is 4. The van der Waals surface area contributed by atoms with Gasteiger partial charge >= 0.3 is 5.97 Å². The first kappa shape index (κ1) is 16.0. The van der Waals surface area contributed by atoms with Gasteiger partial charge < -0.3 is 9.84 Å². The van der Waals surface area contributed by atoms with Crippen LogP contribution in [-0.2, 0) is 25.8 Å². The molecule has 0 amide bonds. The van der Waals surface area contributed by atoms with Crippen LogP contribution in [-0.4, -0.2) is 43.2 Å². The van der Waals surface area contributed by atoms with E-state index in [0.717, 1.165) is 12.8 Å². The number of carboxylic acid groups (broad SMARTS) is 1. The van der Waals surface area contributed by atoms with Gasteiger partial charge in [0.1, 0.15) is 0 Å². The Balaban J connectivity index is 2.03. The molecule has 1 aliphatic heterocycles. The number of carbonyl (C=O) groups is 1. The maximum Gasteiger partial charge on any atom is 0.322 e. The van der Waals surface area contributed by atoms with E-state index in [1.54, 1.807) is 24.3 Å². The highest BCUT2D eigenvalue weighted by Crippen LogP contribution is 2.19. The minimum absolute atomic E-state index is 0.00400. The van der Waals surface area contributed by atoms with Crippen molar-refractivity contribution in [2.75, 3.05) is 12.4 Å². The van der Waals surface area contributed by atoms with E-state index in [0.29, 0.717) is 18.6 Å². The summed E-state index contributed by atoms with van der Waals surface area (Å²) in [5.74, 6) is -1.42. The van der Waals surface area contributed by atoms with E-state index in [2.05, 4.69) is 0 Å². The fourth-order valence-corrected chi connectivity index (χ4v) is 4.14. The lowest BCUT2D eigenvalue weighted by molar-refractivity contribution is -0.136. The van der Waals surface area contributed by atoms with Gasteiger partial charge in [-0.1, -0.05) is 30.3 Å². The van der Waals surface area contributed by atoms with Crippen molar-refractivity contribution in [3.63, 3.8) is 0 Å². The van der Waals surface area contributed by atoms with Gasteiger partial charge in [-0.05, 0) is 31.2 Å². The van der Waals surface area contributed by atoms with Crippen LogP contribution in [0, 0.1) is 0 Å². The lowest BCUT2D eigenvalue weighted by Crippen LogP contribution is -2.35. The Morgan fingerprint density at radius 2 is 2.05 bits per heavy atom. The number of hydrogen-bond donors (Lipinski definition) is 1. The average Bonchev–Trinajstić information content (AvgIpc) is 2.97. The van der Waals surface area contributed by atoms with Crippen molar-refractivity contribution in [1.82, 2.24) is 0 Å². The molecule has 1 aromatic rings. The summed E-state index contributed by atoms with van der Waals surface area (Å²) >= 11 is 0. The van der Waals surface area contributed by atoms with Crippen molar-refractivity contribution in [3.05, 3.63) is 35.9 Å². The summed E-state index contributed by atoms with van der Waals surface area (Å²) in [4.78, 5) is 11.3. The smallest absolute Gasteiger partial charge is 0.322 e. The summed E-state index contributed by atoms with van der Waals surface area (Å²) in [6, 6.07) is 8.84. The summed E-state index contributed by atoms with van der Waals surface area (Å²) in [6.45, 7) is 0.664. The zero-order chi connectivity index (χ0) is 15.3. The summed E-state index contributed by atoms with van der Waals surface area (Å²) in [6.07, 6.45) is 2.12. The van der Waals surface area contributed by atoms with Gasteiger partial charge in [-0.3, -0.25) is 4.79 Å². The van der Waals surface area contributed by atoms with Crippen LogP contribution >= 0.6 is 0 Å². The standard InChI is InChI=1S/C15H20O5S/c16-15(17)14(11-12-5-2-1-3-6-12)21(18,19)10-8-13-7-4-9-20-13/h1-3,5-6,13-14H,4,7-11H2,(H,16,17). The van der Waals surface area contributed by atoms with E-state index in [1.165, 1.54) is 0 Å². The van der Waals surface area contributed by atoms with E-state index in [4.69, 9.17) is 4.74 Å². The van der Waals surface area contributed by atoms with Crippen molar-refractivity contribution in [2.24, 2.45) is 0 Å². The molecular formula is C15H20O5S. The summed E-state index contributed by atoms with van der Waals surface area (Å²) in [5, 5.41) is 7.86. The van der Waals surface area contributed by atoms with Crippen molar-refractivity contribution >= 4 is 15.8 Å². The molecule has 1 saturated heterocycles. The predicted octanol–water partition coefficient (Wildman–Crippen LogP) is 1.67. The van der Waals surface area contributed by atoms with Crippen molar-refractivity contribution in [1.29, 1.82) is 0 Å². The molecular weight excluding hydrogens is 292 g/mol. The zero-order valence-electron chi connectivity index (χ0n) is 11.8. The van der Waals surface area contributed by atoms with E-state index in [-0.39, 0.29) is 18.3 Å². The number of ether oxygens (including phenoxy) is 1. The Morgan fingerprint density at radius 1 is 1.33 bits per heavy atom. The second-order valence-corrected chi connectivity index (χ2v) is 7.61. The van der Waals surface area contributed by atoms with Crippen LogP contribution in [0.2, 0.25) is 0 Å². The zero-order valence-corrected chi connectivity index (χ0v) is 12.6. The number of carboxylic acids is 1. The van der Waals surface area contributed by atoms with E-state index < -0.39 is 21.1 Å². The monoisotopic (exact) mass is 312 g/mol. The topological polar surface area (TPSA) is 80.7 Å². The summed E-state index contributed by atoms with van der Waals surface area (Å²) < 4.78 is 30.0. The Kier molecular flexibility index (Phi) is 5.36. The number of sulfone groups is 1. The van der Waals surface area contributed by atoms with Gasteiger partial charge in [-0.25, -0.2) is 8.42 Å². The van der Waals surface area contributed by atoms with Crippen LogP contribution in [0.4, 0.5) is 0 Å². The molecule has 1 N–H and O–H groups in total. The van der Waals surface area contributed by atoms with Crippen LogP contribution in [0.5, 0.6) is 0 Å². The Labute approximate surface area is 124 Å². The molecule has 0 radical (unpaired) electrons. The van der Waals surface area contributed by atoms with E-state index >= 15 is 0 Å². The minimum atomic E-state index is -3.69. The molecule has 0 spiro atoms. The summed E-state index contributed by atoms with van der Waals surface area (Å²) in [5.41, 5.74) is 0.714. The molecule has 5 nitrogen and oxygen atoms in total. The fourth-order valence-electron chi connectivity index (χ4n) is 2.51. The molecule has 2 rings (SSSR count). The molecule has 0 aromatic heterocycles. The molecule has 1 aromatic carbocycles. The Bertz CT molecular complexity index is 561. The van der Waals surface area contributed by atoms with Gasteiger partial charge in [0, 0.05) is 6.61 Å². The summed E-state index contributed by atoms with van der Waals surface area (Å²) in [7, 11) is -3.69. The highest BCUT2D eigenvalue weighted by atomic mass is 32.2. The first-order valence-corrected chi connectivity index (χ1v) is 8.80. The molecule has 21 heavy (non-hydrogen) atoms. The molecule has 1 aliphatic rings. The first-order valence-electron chi connectivity index (χ1n) is 7.09. The highest BCUT2D eigenvalue weighted by Gasteiger charge is 2.33. The number of benzene rings is 1. The third-order valence-electron chi connectivity index (χ3n) is 3.72. The van der Waals surface area contributed by atoms with E-state index in [1.807, 2.05) is 6.07 Å². The van der Waals surface area contributed by atoms with Crippen LogP contribution in [0.3, 0.4) is 0 Å². The van der Waals surface area contributed by atoms with Gasteiger partial charge in [0.15, 0.2) is 15.1 Å². The second-order valence-electron chi connectivity index (χ2n) is 5.31. The molecule has 0 bridgehead atoms. The molecule has 0 aliphatic carbocycles.